The van der Waals surface area contributed by atoms with Gasteiger partial charge >= 0.3 is 5.97 Å². The van der Waals surface area contributed by atoms with E-state index in [4.69, 9.17) is 18.9 Å². The van der Waals surface area contributed by atoms with Crippen molar-refractivity contribution in [1.29, 1.82) is 0 Å². The van der Waals surface area contributed by atoms with E-state index in [0.717, 1.165) is 36.8 Å². The molecule has 116 valence electrons. The zero-order valence-corrected chi connectivity index (χ0v) is 13.0. The van der Waals surface area contributed by atoms with Gasteiger partial charge in [0.05, 0.1) is 21.3 Å². The van der Waals surface area contributed by atoms with Crippen LogP contribution in [-0.4, -0.2) is 27.3 Å². The van der Waals surface area contributed by atoms with Crippen LogP contribution in [0.3, 0.4) is 0 Å². The van der Waals surface area contributed by atoms with Gasteiger partial charge in [-0.2, -0.15) is 0 Å². The third-order valence-electron chi connectivity index (χ3n) is 3.77. The number of fused-ring (bicyclic) bond motifs is 1. The Hall–Kier alpha value is -1.91. The first-order valence-electron chi connectivity index (χ1n) is 7.11. The van der Waals surface area contributed by atoms with Gasteiger partial charge in [0.15, 0.2) is 11.5 Å². The van der Waals surface area contributed by atoms with Gasteiger partial charge < -0.3 is 18.9 Å². The number of methoxy groups -OCH3 is 3. The number of rotatable bonds is 4. The molecule has 0 spiro atoms. The summed E-state index contributed by atoms with van der Waals surface area (Å²) in [6.07, 6.45) is 3.45. The maximum atomic E-state index is 11.4. The van der Waals surface area contributed by atoms with E-state index in [0.29, 0.717) is 17.2 Å². The second-order valence-corrected chi connectivity index (χ2v) is 5.06. The molecule has 0 amide bonds. The van der Waals surface area contributed by atoms with E-state index < -0.39 is 0 Å². The van der Waals surface area contributed by atoms with Crippen molar-refractivity contribution in [3.05, 3.63) is 17.2 Å². The summed E-state index contributed by atoms with van der Waals surface area (Å²) in [6.45, 7) is 1.43. The van der Waals surface area contributed by atoms with Crippen LogP contribution < -0.4 is 14.2 Å². The van der Waals surface area contributed by atoms with Crippen molar-refractivity contribution in [2.45, 2.75) is 38.7 Å². The first-order chi connectivity index (χ1) is 10.1. The minimum Gasteiger partial charge on any atom is -0.493 e. The number of hydrogen-bond acceptors (Lipinski definition) is 5. The van der Waals surface area contributed by atoms with Gasteiger partial charge in [-0.15, -0.1) is 0 Å². The Labute approximate surface area is 125 Å². The Kier molecular flexibility index (Phi) is 4.94. The molecule has 1 aromatic carbocycles. The van der Waals surface area contributed by atoms with Crippen LogP contribution in [0.4, 0.5) is 0 Å². The summed E-state index contributed by atoms with van der Waals surface area (Å²) in [5.74, 6) is 1.57. The van der Waals surface area contributed by atoms with Crippen molar-refractivity contribution in [3.8, 4) is 17.2 Å². The predicted molar refractivity (Wildman–Crippen MR) is 78.2 cm³/mol. The van der Waals surface area contributed by atoms with Crippen molar-refractivity contribution in [2.24, 2.45) is 0 Å². The molecule has 0 aliphatic heterocycles. The molecule has 2 rings (SSSR count). The topological polar surface area (TPSA) is 54.0 Å². The Morgan fingerprint density at radius 3 is 2.38 bits per heavy atom. The van der Waals surface area contributed by atoms with Crippen molar-refractivity contribution in [1.82, 2.24) is 0 Å². The fourth-order valence-corrected chi connectivity index (χ4v) is 2.89. The Morgan fingerprint density at radius 2 is 1.81 bits per heavy atom. The molecule has 1 aromatic rings. The molecule has 1 atom stereocenters. The van der Waals surface area contributed by atoms with Crippen molar-refractivity contribution < 1.29 is 23.7 Å². The SMILES string of the molecule is COc1cc2c(c(OC)c1OC)CCCCC2OC(C)=O. The zero-order chi connectivity index (χ0) is 15.4. The molecule has 1 aliphatic carbocycles. The smallest absolute Gasteiger partial charge is 0.303 e. The van der Waals surface area contributed by atoms with Crippen LogP contribution in [0.2, 0.25) is 0 Å². The Balaban J connectivity index is 2.59. The fraction of sp³-hybridized carbons (Fsp3) is 0.562. The fourth-order valence-electron chi connectivity index (χ4n) is 2.89. The number of hydrogen-bond donors (Lipinski definition) is 0. The molecule has 0 N–H and O–H groups in total. The van der Waals surface area contributed by atoms with Crippen LogP contribution in [0, 0.1) is 0 Å². The van der Waals surface area contributed by atoms with E-state index in [-0.39, 0.29) is 12.1 Å². The summed E-state index contributed by atoms with van der Waals surface area (Å²) in [6, 6.07) is 1.90. The first-order valence-corrected chi connectivity index (χ1v) is 7.11. The highest BCUT2D eigenvalue weighted by molar-refractivity contribution is 5.67. The van der Waals surface area contributed by atoms with Crippen molar-refractivity contribution in [3.63, 3.8) is 0 Å². The summed E-state index contributed by atoms with van der Waals surface area (Å²) in [5, 5.41) is 0. The average Bonchev–Trinajstić information content (AvgIpc) is 2.67. The highest BCUT2D eigenvalue weighted by atomic mass is 16.5. The van der Waals surface area contributed by atoms with Crippen LogP contribution >= 0.6 is 0 Å². The van der Waals surface area contributed by atoms with Gasteiger partial charge in [0.2, 0.25) is 5.75 Å². The number of esters is 1. The predicted octanol–water partition coefficient (Wildman–Crippen LogP) is 3.04. The molecule has 1 aliphatic rings. The van der Waals surface area contributed by atoms with Crippen LogP contribution in [0.25, 0.3) is 0 Å². The lowest BCUT2D eigenvalue weighted by atomic mass is 9.98. The molecule has 0 aromatic heterocycles. The highest BCUT2D eigenvalue weighted by Gasteiger charge is 2.28. The van der Waals surface area contributed by atoms with Gasteiger partial charge in [-0.25, -0.2) is 0 Å². The summed E-state index contributed by atoms with van der Waals surface area (Å²) in [4.78, 5) is 11.4. The molecule has 0 saturated carbocycles. The minimum absolute atomic E-state index is 0.256. The molecule has 0 radical (unpaired) electrons. The molecular weight excluding hydrogens is 272 g/mol. The van der Waals surface area contributed by atoms with E-state index in [1.807, 2.05) is 6.07 Å². The van der Waals surface area contributed by atoms with Crippen LogP contribution in [0.15, 0.2) is 6.07 Å². The number of ether oxygens (including phenoxy) is 4. The molecule has 0 heterocycles. The summed E-state index contributed by atoms with van der Waals surface area (Å²) in [7, 11) is 4.79. The molecule has 5 nitrogen and oxygen atoms in total. The summed E-state index contributed by atoms with van der Waals surface area (Å²) < 4.78 is 21.8. The van der Waals surface area contributed by atoms with Gasteiger partial charge in [0.25, 0.3) is 0 Å². The zero-order valence-electron chi connectivity index (χ0n) is 13.0. The summed E-state index contributed by atoms with van der Waals surface area (Å²) >= 11 is 0. The van der Waals surface area contributed by atoms with Gasteiger partial charge in [0, 0.05) is 18.1 Å². The van der Waals surface area contributed by atoms with E-state index >= 15 is 0 Å². The molecule has 21 heavy (non-hydrogen) atoms. The monoisotopic (exact) mass is 294 g/mol. The largest absolute Gasteiger partial charge is 0.493 e. The van der Waals surface area contributed by atoms with Crippen molar-refractivity contribution >= 4 is 5.97 Å². The molecule has 0 saturated heterocycles. The second kappa shape index (κ2) is 6.70. The Morgan fingerprint density at radius 1 is 1.10 bits per heavy atom. The van der Waals surface area contributed by atoms with Gasteiger partial charge in [-0.05, 0) is 31.7 Å². The van der Waals surface area contributed by atoms with E-state index in [1.165, 1.54) is 6.92 Å². The lowest BCUT2D eigenvalue weighted by Gasteiger charge is -2.22. The minimum atomic E-state index is -0.276. The quantitative estimate of drug-likeness (QED) is 0.631. The second-order valence-electron chi connectivity index (χ2n) is 5.06. The number of carbonyl (C=O) groups is 1. The standard InChI is InChI=1S/C16H22O5/c1-10(17)21-13-8-6-5-7-11-12(13)9-14(18-2)16(20-4)15(11)19-3/h9,13H,5-8H2,1-4H3. The molecular formula is C16H22O5. The first kappa shape index (κ1) is 15.5. The molecule has 1 unspecified atom stereocenters. The molecule has 0 fully saturated rings. The Bertz CT molecular complexity index is 524. The number of benzene rings is 1. The summed E-state index contributed by atoms with van der Waals surface area (Å²) in [5.41, 5.74) is 2.00. The van der Waals surface area contributed by atoms with Crippen molar-refractivity contribution in [2.75, 3.05) is 21.3 Å². The molecule has 0 bridgehead atoms. The molecule has 5 heteroatoms. The maximum absolute atomic E-state index is 11.4. The van der Waals surface area contributed by atoms with Crippen LogP contribution in [-0.2, 0) is 16.0 Å². The maximum Gasteiger partial charge on any atom is 0.303 e. The normalized spacial score (nSPS) is 17.4. The highest BCUT2D eigenvalue weighted by Crippen LogP contribution is 2.46. The third kappa shape index (κ3) is 3.06. The lowest BCUT2D eigenvalue weighted by molar-refractivity contribution is -0.147. The number of carbonyl (C=O) groups excluding carboxylic acids is 1. The lowest BCUT2D eigenvalue weighted by Crippen LogP contribution is -2.11. The van der Waals surface area contributed by atoms with Crippen LogP contribution in [0.5, 0.6) is 17.2 Å². The van der Waals surface area contributed by atoms with E-state index in [1.54, 1.807) is 21.3 Å². The van der Waals surface area contributed by atoms with E-state index in [9.17, 15) is 4.79 Å². The van der Waals surface area contributed by atoms with Gasteiger partial charge in [0.1, 0.15) is 6.10 Å². The van der Waals surface area contributed by atoms with Gasteiger partial charge in [-0.1, -0.05) is 0 Å². The third-order valence-corrected chi connectivity index (χ3v) is 3.77. The van der Waals surface area contributed by atoms with Gasteiger partial charge in [-0.3, -0.25) is 4.79 Å². The average molecular weight is 294 g/mol. The van der Waals surface area contributed by atoms with E-state index in [2.05, 4.69) is 0 Å². The van der Waals surface area contributed by atoms with Crippen LogP contribution in [0.1, 0.15) is 43.4 Å².